The minimum Gasteiger partial charge on any atom is -0.492 e. The highest BCUT2D eigenvalue weighted by atomic mass is 16.5. The summed E-state index contributed by atoms with van der Waals surface area (Å²) in [6, 6.07) is 16.7. The van der Waals surface area contributed by atoms with Gasteiger partial charge in [0.2, 0.25) is 0 Å². The first-order valence-corrected chi connectivity index (χ1v) is 7.69. The number of nitrogens with zero attached hydrogens (tertiary/aromatic N) is 1. The summed E-state index contributed by atoms with van der Waals surface area (Å²) in [5, 5.41) is 0. The smallest absolute Gasteiger partial charge is 0.127 e. The van der Waals surface area contributed by atoms with Crippen LogP contribution in [0.5, 0.6) is 0 Å². The van der Waals surface area contributed by atoms with E-state index in [-0.39, 0.29) is 0 Å². The summed E-state index contributed by atoms with van der Waals surface area (Å²) in [5.74, 6) is 0.939. The van der Waals surface area contributed by atoms with Gasteiger partial charge in [-0.1, -0.05) is 48.5 Å². The lowest BCUT2D eigenvalue weighted by atomic mass is 10.0. The van der Waals surface area contributed by atoms with Crippen LogP contribution in [-0.2, 0) is 4.74 Å². The van der Waals surface area contributed by atoms with E-state index in [0.717, 1.165) is 17.9 Å². The molecule has 0 aliphatic rings. The van der Waals surface area contributed by atoms with Crippen LogP contribution in [0.3, 0.4) is 0 Å². The molecular formula is C20H25NO. The van der Waals surface area contributed by atoms with Crippen molar-refractivity contribution in [2.24, 2.45) is 0 Å². The van der Waals surface area contributed by atoms with Gasteiger partial charge in [0.05, 0.1) is 0 Å². The van der Waals surface area contributed by atoms with Gasteiger partial charge in [0.1, 0.15) is 12.4 Å². The van der Waals surface area contributed by atoms with E-state index in [9.17, 15) is 0 Å². The minimum atomic E-state index is 0.680. The molecule has 0 bridgehead atoms. The van der Waals surface area contributed by atoms with Crippen LogP contribution in [0.1, 0.15) is 22.3 Å². The summed E-state index contributed by atoms with van der Waals surface area (Å²) in [6.45, 7) is 5.83. The summed E-state index contributed by atoms with van der Waals surface area (Å²) in [5.41, 5.74) is 4.84. The molecule has 0 fully saturated rings. The predicted octanol–water partition coefficient (Wildman–Crippen LogP) is 4.38. The van der Waals surface area contributed by atoms with Crippen LogP contribution >= 0.6 is 0 Å². The molecule has 0 heterocycles. The van der Waals surface area contributed by atoms with Crippen molar-refractivity contribution in [2.75, 3.05) is 27.2 Å². The number of hydrogen-bond donors (Lipinski definition) is 0. The number of aryl methyl sites for hydroxylation is 2. The van der Waals surface area contributed by atoms with E-state index in [0.29, 0.717) is 6.61 Å². The molecular weight excluding hydrogens is 270 g/mol. The van der Waals surface area contributed by atoms with Gasteiger partial charge in [-0.2, -0.15) is 0 Å². The van der Waals surface area contributed by atoms with Crippen molar-refractivity contribution < 1.29 is 4.74 Å². The van der Waals surface area contributed by atoms with Crippen molar-refractivity contribution in [3.05, 3.63) is 70.8 Å². The van der Waals surface area contributed by atoms with Gasteiger partial charge in [0.25, 0.3) is 0 Å². The maximum absolute atomic E-state index is 6.10. The molecule has 22 heavy (non-hydrogen) atoms. The Balaban J connectivity index is 2.33. The molecule has 0 aliphatic carbocycles. The van der Waals surface area contributed by atoms with E-state index in [1.807, 2.05) is 0 Å². The Morgan fingerprint density at radius 1 is 0.955 bits per heavy atom. The monoisotopic (exact) mass is 295 g/mol. The fraction of sp³-hybridized carbons (Fsp3) is 0.300. The van der Waals surface area contributed by atoms with E-state index in [1.165, 1.54) is 16.7 Å². The minimum absolute atomic E-state index is 0.680. The molecule has 0 spiro atoms. The third kappa shape index (κ3) is 4.47. The highest BCUT2D eigenvalue weighted by Crippen LogP contribution is 2.24. The summed E-state index contributed by atoms with van der Waals surface area (Å²) >= 11 is 0. The number of ether oxygens (including phenoxy) is 1. The third-order valence-electron chi connectivity index (χ3n) is 3.68. The van der Waals surface area contributed by atoms with Crippen molar-refractivity contribution in [2.45, 2.75) is 13.8 Å². The zero-order chi connectivity index (χ0) is 15.9. The molecule has 2 heteroatoms. The van der Waals surface area contributed by atoms with E-state index < -0.39 is 0 Å². The van der Waals surface area contributed by atoms with E-state index >= 15 is 0 Å². The summed E-state index contributed by atoms with van der Waals surface area (Å²) in [6.07, 6.45) is 2.15. The molecule has 0 saturated heterocycles. The Kier molecular flexibility index (Phi) is 5.79. The van der Waals surface area contributed by atoms with Gasteiger partial charge in [-0.25, -0.2) is 0 Å². The van der Waals surface area contributed by atoms with Gasteiger partial charge in [0.15, 0.2) is 0 Å². The van der Waals surface area contributed by atoms with E-state index in [1.54, 1.807) is 0 Å². The van der Waals surface area contributed by atoms with E-state index in [4.69, 9.17) is 4.74 Å². The van der Waals surface area contributed by atoms with Gasteiger partial charge in [-0.05, 0) is 50.7 Å². The fourth-order valence-corrected chi connectivity index (χ4v) is 2.27. The number of likely N-dealkylation sites (N-methyl/N-ethyl adjacent to an activating group) is 1. The first-order valence-electron chi connectivity index (χ1n) is 7.69. The molecule has 0 aliphatic heterocycles. The molecule has 0 amide bonds. The molecule has 2 aromatic carbocycles. The summed E-state index contributed by atoms with van der Waals surface area (Å²) in [7, 11) is 4.11. The van der Waals surface area contributed by atoms with Crippen molar-refractivity contribution in [1.82, 2.24) is 4.90 Å². The Morgan fingerprint density at radius 3 is 2.23 bits per heavy atom. The second-order valence-electron chi connectivity index (χ2n) is 5.83. The molecule has 0 radical (unpaired) electrons. The fourth-order valence-electron chi connectivity index (χ4n) is 2.27. The highest BCUT2D eigenvalue weighted by Gasteiger charge is 2.07. The standard InChI is InChI=1S/C20H25NO/c1-16-9-5-7-11-18(16)15-20(22-14-13-21(3)4)19-12-8-6-10-17(19)2/h5-12,15H,13-14H2,1-4H3/b20-15+. The summed E-state index contributed by atoms with van der Waals surface area (Å²) in [4.78, 5) is 2.13. The average Bonchev–Trinajstić information content (AvgIpc) is 2.48. The predicted molar refractivity (Wildman–Crippen MR) is 94.7 cm³/mol. The van der Waals surface area contributed by atoms with Crippen LogP contribution in [-0.4, -0.2) is 32.1 Å². The van der Waals surface area contributed by atoms with Crippen LogP contribution in [0.25, 0.3) is 11.8 Å². The van der Waals surface area contributed by atoms with Gasteiger partial charge >= 0.3 is 0 Å². The third-order valence-corrected chi connectivity index (χ3v) is 3.68. The Labute approximate surface area is 134 Å². The molecule has 2 nitrogen and oxygen atoms in total. The lowest BCUT2D eigenvalue weighted by molar-refractivity contribution is 0.233. The Bertz CT molecular complexity index is 644. The number of rotatable bonds is 6. The second-order valence-corrected chi connectivity index (χ2v) is 5.83. The van der Waals surface area contributed by atoms with Gasteiger partial charge in [-0.15, -0.1) is 0 Å². The van der Waals surface area contributed by atoms with Crippen molar-refractivity contribution in [3.63, 3.8) is 0 Å². The van der Waals surface area contributed by atoms with Gasteiger partial charge in [0, 0.05) is 12.1 Å². The van der Waals surface area contributed by atoms with E-state index in [2.05, 4.69) is 87.4 Å². The number of hydrogen-bond acceptors (Lipinski definition) is 2. The Hall–Kier alpha value is -2.06. The van der Waals surface area contributed by atoms with Crippen LogP contribution in [0, 0.1) is 13.8 Å². The van der Waals surface area contributed by atoms with Crippen LogP contribution < -0.4 is 0 Å². The Morgan fingerprint density at radius 2 is 1.59 bits per heavy atom. The molecule has 0 atom stereocenters. The highest BCUT2D eigenvalue weighted by molar-refractivity contribution is 5.79. The molecule has 0 unspecified atom stereocenters. The zero-order valence-corrected chi connectivity index (χ0v) is 14.0. The van der Waals surface area contributed by atoms with Crippen molar-refractivity contribution in [3.8, 4) is 0 Å². The second kappa shape index (κ2) is 7.81. The van der Waals surface area contributed by atoms with Crippen LogP contribution in [0.2, 0.25) is 0 Å². The van der Waals surface area contributed by atoms with Crippen molar-refractivity contribution >= 4 is 11.8 Å². The molecule has 0 saturated carbocycles. The first kappa shape index (κ1) is 16.3. The maximum atomic E-state index is 6.10. The quantitative estimate of drug-likeness (QED) is 0.579. The normalized spacial score (nSPS) is 11.8. The first-order chi connectivity index (χ1) is 10.6. The van der Waals surface area contributed by atoms with Gasteiger partial charge in [-0.3, -0.25) is 0 Å². The van der Waals surface area contributed by atoms with Crippen molar-refractivity contribution in [1.29, 1.82) is 0 Å². The zero-order valence-electron chi connectivity index (χ0n) is 14.0. The lowest BCUT2D eigenvalue weighted by Gasteiger charge is -2.16. The topological polar surface area (TPSA) is 12.5 Å². The largest absolute Gasteiger partial charge is 0.492 e. The lowest BCUT2D eigenvalue weighted by Crippen LogP contribution is -2.17. The van der Waals surface area contributed by atoms with Crippen LogP contribution in [0.15, 0.2) is 48.5 Å². The maximum Gasteiger partial charge on any atom is 0.127 e. The molecule has 0 aromatic heterocycles. The molecule has 2 rings (SSSR count). The molecule has 2 aromatic rings. The number of benzene rings is 2. The van der Waals surface area contributed by atoms with Crippen LogP contribution in [0.4, 0.5) is 0 Å². The SMILES string of the molecule is Cc1ccccc1/C=C(/OCCN(C)C)c1ccccc1C. The molecule has 0 N–H and O–H groups in total. The molecule has 116 valence electrons. The summed E-state index contributed by atoms with van der Waals surface area (Å²) < 4.78 is 6.10. The van der Waals surface area contributed by atoms with Gasteiger partial charge < -0.3 is 9.64 Å². The average molecular weight is 295 g/mol.